The fourth-order valence-corrected chi connectivity index (χ4v) is 3.09. The lowest BCUT2D eigenvalue weighted by atomic mass is 10.2. The highest BCUT2D eigenvalue weighted by Crippen LogP contribution is 2.28. The number of aliphatic hydroxyl groups excluding tert-OH is 1. The van der Waals surface area contributed by atoms with Crippen LogP contribution in [0.2, 0.25) is 0 Å². The van der Waals surface area contributed by atoms with Crippen molar-refractivity contribution >= 4 is 5.69 Å². The Labute approximate surface area is 146 Å². The summed E-state index contributed by atoms with van der Waals surface area (Å²) >= 11 is 0. The van der Waals surface area contributed by atoms with E-state index in [-0.39, 0.29) is 0 Å². The van der Waals surface area contributed by atoms with Crippen LogP contribution < -0.4 is 9.64 Å². The lowest BCUT2D eigenvalue weighted by molar-refractivity contribution is 0.0147. The summed E-state index contributed by atoms with van der Waals surface area (Å²) in [4.78, 5) is 4.66. The minimum atomic E-state index is -0.399. The summed E-state index contributed by atoms with van der Waals surface area (Å²) in [7, 11) is 1.71. The summed E-state index contributed by atoms with van der Waals surface area (Å²) in [5, 5.41) is 10.1. The standard InChI is InChI=1S/C19H32N2O3/c1-3-4-7-14-24-16-17(22)15-20-10-12-21(13-11-20)18-8-5-6-9-19(18)23-2/h5-6,8-9,17,22H,3-4,7,10-16H2,1-2H3. The van der Waals surface area contributed by atoms with Crippen LogP contribution in [0.5, 0.6) is 5.75 Å². The number of rotatable bonds is 10. The molecule has 1 N–H and O–H groups in total. The molecule has 1 saturated heterocycles. The second kappa shape index (κ2) is 10.5. The van der Waals surface area contributed by atoms with E-state index >= 15 is 0 Å². The fourth-order valence-electron chi connectivity index (χ4n) is 3.09. The van der Waals surface area contributed by atoms with Crippen molar-refractivity contribution in [3.05, 3.63) is 24.3 Å². The van der Waals surface area contributed by atoms with Crippen LogP contribution in [0.15, 0.2) is 24.3 Å². The maximum absolute atomic E-state index is 10.1. The molecule has 0 saturated carbocycles. The van der Waals surface area contributed by atoms with Gasteiger partial charge in [-0.15, -0.1) is 0 Å². The molecule has 0 radical (unpaired) electrons. The molecule has 0 aliphatic carbocycles. The summed E-state index contributed by atoms with van der Waals surface area (Å²) in [6, 6.07) is 8.15. The van der Waals surface area contributed by atoms with Gasteiger partial charge in [-0.2, -0.15) is 0 Å². The van der Waals surface area contributed by atoms with E-state index in [1.165, 1.54) is 12.8 Å². The highest BCUT2D eigenvalue weighted by atomic mass is 16.5. The molecule has 5 heteroatoms. The summed E-state index contributed by atoms with van der Waals surface area (Å²) < 4.78 is 11.0. The van der Waals surface area contributed by atoms with Crippen molar-refractivity contribution in [2.75, 3.05) is 57.9 Å². The van der Waals surface area contributed by atoms with Crippen LogP contribution in [0, 0.1) is 0 Å². The maximum Gasteiger partial charge on any atom is 0.142 e. The van der Waals surface area contributed by atoms with Crippen LogP contribution >= 0.6 is 0 Å². The van der Waals surface area contributed by atoms with Gasteiger partial charge in [0, 0.05) is 39.3 Å². The van der Waals surface area contributed by atoms with E-state index in [9.17, 15) is 5.11 Å². The van der Waals surface area contributed by atoms with Crippen molar-refractivity contribution in [2.24, 2.45) is 0 Å². The zero-order valence-corrected chi connectivity index (χ0v) is 15.1. The molecule has 136 valence electrons. The van der Waals surface area contributed by atoms with E-state index in [2.05, 4.69) is 22.8 Å². The van der Waals surface area contributed by atoms with Gasteiger partial charge in [0.2, 0.25) is 0 Å². The third kappa shape index (κ3) is 5.96. The highest BCUT2D eigenvalue weighted by Gasteiger charge is 2.21. The number of nitrogens with zero attached hydrogens (tertiary/aromatic N) is 2. The Kier molecular flexibility index (Phi) is 8.36. The van der Waals surface area contributed by atoms with Crippen LogP contribution in [0.3, 0.4) is 0 Å². The van der Waals surface area contributed by atoms with E-state index in [0.717, 1.165) is 50.6 Å². The molecular formula is C19H32N2O3. The lowest BCUT2D eigenvalue weighted by Gasteiger charge is -2.37. The molecule has 1 atom stereocenters. The van der Waals surface area contributed by atoms with Crippen molar-refractivity contribution in [3.8, 4) is 5.75 Å². The van der Waals surface area contributed by atoms with Crippen LogP contribution in [0.4, 0.5) is 5.69 Å². The average Bonchev–Trinajstić information content (AvgIpc) is 2.62. The molecule has 0 spiro atoms. The number of benzene rings is 1. The number of para-hydroxylation sites is 2. The molecule has 1 heterocycles. The van der Waals surface area contributed by atoms with E-state index in [4.69, 9.17) is 9.47 Å². The molecule has 1 aliphatic rings. The molecule has 5 nitrogen and oxygen atoms in total. The van der Waals surface area contributed by atoms with E-state index < -0.39 is 6.10 Å². The normalized spacial score (nSPS) is 17.0. The number of methoxy groups -OCH3 is 1. The number of unbranched alkanes of at least 4 members (excludes halogenated alkanes) is 2. The first kappa shape index (κ1) is 19.0. The number of aliphatic hydroxyl groups is 1. The zero-order chi connectivity index (χ0) is 17.2. The van der Waals surface area contributed by atoms with Gasteiger partial charge in [0.1, 0.15) is 5.75 Å². The topological polar surface area (TPSA) is 45.2 Å². The van der Waals surface area contributed by atoms with Crippen LogP contribution in [0.25, 0.3) is 0 Å². The van der Waals surface area contributed by atoms with Gasteiger partial charge in [0.05, 0.1) is 25.5 Å². The Balaban J connectivity index is 1.69. The Hall–Kier alpha value is -1.30. The fraction of sp³-hybridized carbons (Fsp3) is 0.684. The second-order valence-corrected chi connectivity index (χ2v) is 6.40. The Morgan fingerprint density at radius 2 is 1.88 bits per heavy atom. The second-order valence-electron chi connectivity index (χ2n) is 6.40. The SMILES string of the molecule is CCCCCOCC(O)CN1CCN(c2ccccc2OC)CC1. The van der Waals surface area contributed by atoms with Crippen LogP contribution in [-0.4, -0.2) is 69.2 Å². The van der Waals surface area contributed by atoms with Gasteiger partial charge in [-0.3, -0.25) is 4.90 Å². The number of β-amino-alcohol motifs (C(OH)–C–C–N with tert-alkyl or cyclic N) is 1. The van der Waals surface area contributed by atoms with E-state index in [1.807, 2.05) is 18.2 Å². The maximum atomic E-state index is 10.1. The molecule has 24 heavy (non-hydrogen) atoms. The third-order valence-electron chi connectivity index (χ3n) is 4.47. The molecule has 1 unspecified atom stereocenters. The smallest absolute Gasteiger partial charge is 0.142 e. The number of hydrogen-bond acceptors (Lipinski definition) is 5. The minimum absolute atomic E-state index is 0.399. The molecule has 0 aromatic heterocycles. The molecular weight excluding hydrogens is 304 g/mol. The van der Waals surface area contributed by atoms with Gasteiger partial charge in [-0.05, 0) is 18.6 Å². The summed E-state index contributed by atoms with van der Waals surface area (Å²) in [5.41, 5.74) is 1.15. The van der Waals surface area contributed by atoms with Crippen molar-refractivity contribution in [2.45, 2.75) is 32.3 Å². The number of piperazine rings is 1. The van der Waals surface area contributed by atoms with Gasteiger partial charge in [0.15, 0.2) is 0 Å². The van der Waals surface area contributed by atoms with Crippen LogP contribution in [0.1, 0.15) is 26.2 Å². The minimum Gasteiger partial charge on any atom is -0.495 e. The predicted octanol–water partition coefficient (Wildman–Crippen LogP) is 2.38. The number of hydrogen-bond donors (Lipinski definition) is 1. The van der Waals surface area contributed by atoms with Gasteiger partial charge in [0.25, 0.3) is 0 Å². The largest absolute Gasteiger partial charge is 0.495 e. The highest BCUT2D eigenvalue weighted by molar-refractivity contribution is 5.58. The first-order valence-corrected chi connectivity index (χ1v) is 9.10. The lowest BCUT2D eigenvalue weighted by Crippen LogP contribution is -2.49. The van der Waals surface area contributed by atoms with Gasteiger partial charge in [-0.1, -0.05) is 31.9 Å². The average molecular weight is 336 g/mol. The summed E-state index contributed by atoms with van der Waals surface area (Å²) in [6.45, 7) is 7.86. The summed E-state index contributed by atoms with van der Waals surface area (Å²) in [6.07, 6.45) is 3.08. The van der Waals surface area contributed by atoms with E-state index in [1.54, 1.807) is 7.11 Å². The number of ether oxygens (including phenoxy) is 2. The Bertz CT molecular complexity index is 462. The quantitative estimate of drug-likeness (QED) is 0.665. The Morgan fingerprint density at radius 3 is 2.58 bits per heavy atom. The van der Waals surface area contributed by atoms with Gasteiger partial charge < -0.3 is 19.5 Å². The number of anilines is 1. The molecule has 1 aromatic rings. The summed E-state index contributed by atoms with van der Waals surface area (Å²) in [5.74, 6) is 0.923. The molecule has 1 aliphatic heterocycles. The van der Waals surface area contributed by atoms with Crippen molar-refractivity contribution < 1.29 is 14.6 Å². The molecule has 2 rings (SSSR count). The molecule has 0 bridgehead atoms. The monoisotopic (exact) mass is 336 g/mol. The first-order chi connectivity index (χ1) is 11.7. The van der Waals surface area contributed by atoms with E-state index in [0.29, 0.717) is 13.2 Å². The predicted molar refractivity (Wildman–Crippen MR) is 98.0 cm³/mol. The molecule has 1 aromatic carbocycles. The van der Waals surface area contributed by atoms with Crippen molar-refractivity contribution in [3.63, 3.8) is 0 Å². The van der Waals surface area contributed by atoms with Crippen LogP contribution in [-0.2, 0) is 4.74 Å². The van der Waals surface area contributed by atoms with Gasteiger partial charge in [-0.25, -0.2) is 0 Å². The van der Waals surface area contributed by atoms with Gasteiger partial charge >= 0.3 is 0 Å². The molecule has 0 amide bonds. The van der Waals surface area contributed by atoms with Crippen molar-refractivity contribution in [1.29, 1.82) is 0 Å². The third-order valence-corrected chi connectivity index (χ3v) is 4.47. The van der Waals surface area contributed by atoms with Crippen molar-refractivity contribution in [1.82, 2.24) is 4.90 Å². The zero-order valence-electron chi connectivity index (χ0n) is 15.1. The molecule has 1 fully saturated rings. The Morgan fingerprint density at radius 1 is 1.12 bits per heavy atom. The first-order valence-electron chi connectivity index (χ1n) is 9.10.